The van der Waals surface area contributed by atoms with Crippen molar-refractivity contribution in [1.29, 1.82) is 0 Å². The molecule has 1 N–H and O–H groups in total. The number of aromatic amines is 1. The van der Waals surface area contributed by atoms with Crippen LogP contribution in [-0.2, 0) is 0 Å². The molecule has 3 aromatic rings. The molecule has 0 spiro atoms. The van der Waals surface area contributed by atoms with Gasteiger partial charge in [-0.05, 0) is 24.3 Å². The average Bonchev–Trinajstić information content (AvgIpc) is 2.87. The second-order valence-corrected chi connectivity index (χ2v) is 5.46. The molecule has 1 heterocycles. The van der Waals surface area contributed by atoms with Crippen molar-refractivity contribution in [2.45, 2.75) is 5.03 Å². The molecule has 100 valence electrons. The standard InChI is InChI=1S/C16H12FNOS/c17-13-6-3-5-12(8-13)15(19)10-20-16-9-11-4-1-2-7-14(11)18-16/h1-9,18H,10H2. The van der Waals surface area contributed by atoms with E-state index in [1.807, 2.05) is 30.3 Å². The highest BCUT2D eigenvalue weighted by atomic mass is 32.2. The topological polar surface area (TPSA) is 32.9 Å². The summed E-state index contributed by atoms with van der Waals surface area (Å²) in [5, 5.41) is 2.06. The zero-order valence-corrected chi connectivity index (χ0v) is 11.4. The molecule has 0 radical (unpaired) electrons. The molecule has 0 saturated heterocycles. The zero-order chi connectivity index (χ0) is 13.9. The predicted molar refractivity (Wildman–Crippen MR) is 79.8 cm³/mol. The van der Waals surface area contributed by atoms with E-state index in [0.717, 1.165) is 15.9 Å². The molecule has 0 unspecified atom stereocenters. The molecule has 4 heteroatoms. The molecule has 2 nitrogen and oxygen atoms in total. The summed E-state index contributed by atoms with van der Waals surface area (Å²) in [6, 6.07) is 15.8. The van der Waals surface area contributed by atoms with Crippen LogP contribution in [0.5, 0.6) is 0 Å². The first-order chi connectivity index (χ1) is 9.72. The lowest BCUT2D eigenvalue weighted by Crippen LogP contribution is -2.02. The van der Waals surface area contributed by atoms with Gasteiger partial charge in [0.25, 0.3) is 0 Å². The molecular formula is C16H12FNOS. The summed E-state index contributed by atoms with van der Waals surface area (Å²) in [5.74, 6) is -0.171. The number of benzene rings is 2. The molecule has 0 bridgehead atoms. The van der Waals surface area contributed by atoms with E-state index in [0.29, 0.717) is 5.56 Å². The van der Waals surface area contributed by atoms with E-state index in [2.05, 4.69) is 4.98 Å². The molecule has 1 aromatic heterocycles. The summed E-state index contributed by atoms with van der Waals surface area (Å²) in [6.07, 6.45) is 0. The number of para-hydroxylation sites is 1. The normalized spacial score (nSPS) is 10.8. The van der Waals surface area contributed by atoms with E-state index >= 15 is 0 Å². The fourth-order valence-electron chi connectivity index (χ4n) is 2.01. The maximum atomic E-state index is 13.1. The van der Waals surface area contributed by atoms with Gasteiger partial charge in [0, 0.05) is 16.5 Å². The maximum Gasteiger partial charge on any atom is 0.173 e. The number of fused-ring (bicyclic) bond motifs is 1. The van der Waals surface area contributed by atoms with Gasteiger partial charge in [0.1, 0.15) is 5.82 Å². The number of ketones is 1. The molecule has 0 saturated carbocycles. The minimum Gasteiger partial charge on any atom is -0.350 e. The Labute approximate surface area is 120 Å². The Morgan fingerprint density at radius 1 is 1.10 bits per heavy atom. The number of hydrogen-bond donors (Lipinski definition) is 1. The molecule has 2 aromatic carbocycles. The smallest absolute Gasteiger partial charge is 0.173 e. The van der Waals surface area contributed by atoms with E-state index in [1.165, 1.54) is 23.9 Å². The number of Topliss-reactive ketones (excluding diaryl/α,β-unsaturated/α-hetero) is 1. The van der Waals surface area contributed by atoms with Crippen LogP contribution in [0.3, 0.4) is 0 Å². The Kier molecular flexibility index (Phi) is 3.56. The van der Waals surface area contributed by atoms with Crippen LogP contribution in [0.15, 0.2) is 59.6 Å². The summed E-state index contributed by atoms with van der Waals surface area (Å²) in [6.45, 7) is 0. The molecule has 20 heavy (non-hydrogen) atoms. The number of carbonyl (C=O) groups is 1. The first-order valence-electron chi connectivity index (χ1n) is 6.22. The van der Waals surface area contributed by atoms with Crippen LogP contribution in [-0.4, -0.2) is 16.5 Å². The van der Waals surface area contributed by atoms with Crippen molar-refractivity contribution in [3.05, 3.63) is 66.0 Å². The van der Waals surface area contributed by atoms with Gasteiger partial charge in [-0.15, -0.1) is 11.8 Å². The van der Waals surface area contributed by atoms with Crippen LogP contribution < -0.4 is 0 Å². The lowest BCUT2D eigenvalue weighted by Gasteiger charge is -2.00. The Hall–Kier alpha value is -2.07. The number of aromatic nitrogens is 1. The number of halogens is 1. The van der Waals surface area contributed by atoms with E-state index in [9.17, 15) is 9.18 Å². The fourth-order valence-corrected chi connectivity index (χ4v) is 2.86. The highest BCUT2D eigenvalue weighted by Gasteiger charge is 2.08. The molecule has 0 amide bonds. The van der Waals surface area contributed by atoms with Crippen molar-refractivity contribution in [3.63, 3.8) is 0 Å². The monoisotopic (exact) mass is 285 g/mol. The van der Waals surface area contributed by atoms with E-state index in [4.69, 9.17) is 0 Å². The van der Waals surface area contributed by atoms with Gasteiger partial charge in [0.15, 0.2) is 5.78 Å². The first kappa shape index (κ1) is 12.9. The van der Waals surface area contributed by atoms with Crippen LogP contribution in [0.1, 0.15) is 10.4 Å². The summed E-state index contributed by atoms with van der Waals surface area (Å²) in [4.78, 5) is 15.2. The van der Waals surface area contributed by atoms with Gasteiger partial charge in [-0.2, -0.15) is 0 Å². The minimum absolute atomic E-state index is 0.0758. The molecule has 3 rings (SSSR count). The number of thioether (sulfide) groups is 1. The number of rotatable bonds is 4. The van der Waals surface area contributed by atoms with Gasteiger partial charge in [0.05, 0.1) is 10.8 Å². The lowest BCUT2D eigenvalue weighted by molar-refractivity contribution is 0.102. The van der Waals surface area contributed by atoms with Crippen molar-refractivity contribution in [3.8, 4) is 0 Å². The number of hydrogen-bond acceptors (Lipinski definition) is 2. The predicted octanol–water partition coefficient (Wildman–Crippen LogP) is 4.28. The number of H-pyrrole nitrogens is 1. The van der Waals surface area contributed by atoms with E-state index < -0.39 is 0 Å². The largest absolute Gasteiger partial charge is 0.350 e. The second-order valence-electron chi connectivity index (χ2n) is 4.44. The zero-order valence-electron chi connectivity index (χ0n) is 10.6. The molecule has 0 atom stereocenters. The first-order valence-corrected chi connectivity index (χ1v) is 7.20. The molecule has 0 aliphatic heterocycles. The second kappa shape index (κ2) is 5.51. The molecular weight excluding hydrogens is 273 g/mol. The molecule has 0 aliphatic rings. The highest BCUT2D eigenvalue weighted by Crippen LogP contribution is 2.23. The highest BCUT2D eigenvalue weighted by molar-refractivity contribution is 7.99. The van der Waals surface area contributed by atoms with Gasteiger partial charge in [-0.1, -0.05) is 30.3 Å². The third kappa shape index (κ3) is 2.75. The summed E-state index contributed by atoms with van der Waals surface area (Å²) in [7, 11) is 0. The van der Waals surface area contributed by atoms with Gasteiger partial charge in [-0.3, -0.25) is 4.79 Å². The van der Waals surface area contributed by atoms with Crippen LogP contribution in [0.4, 0.5) is 4.39 Å². The van der Waals surface area contributed by atoms with Crippen molar-refractivity contribution in [1.82, 2.24) is 4.98 Å². The minimum atomic E-state index is -0.383. The van der Waals surface area contributed by atoms with Crippen LogP contribution in [0, 0.1) is 5.82 Å². The van der Waals surface area contributed by atoms with Gasteiger partial charge in [-0.25, -0.2) is 4.39 Å². The van der Waals surface area contributed by atoms with Gasteiger partial charge < -0.3 is 4.98 Å². The fraction of sp³-hybridized carbons (Fsp3) is 0.0625. The maximum absolute atomic E-state index is 13.1. The average molecular weight is 285 g/mol. The SMILES string of the molecule is O=C(CSc1cc2ccccc2[nH]1)c1cccc(F)c1. The summed E-state index contributed by atoms with van der Waals surface area (Å²) >= 11 is 1.43. The van der Waals surface area contributed by atoms with Crippen molar-refractivity contribution in [2.75, 3.05) is 5.75 Å². The Morgan fingerprint density at radius 3 is 2.75 bits per heavy atom. The molecule has 0 aliphatic carbocycles. The third-order valence-corrected chi connectivity index (χ3v) is 3.95. The Bertz CT molecular complexity index is 733. The van der Waals surface area contributed by atoms with Gasteiger partial charge >= 0.3 is 0 Å². The lowest BCUT2D eigenvalue weighted by atomic mass is 10.1. The van der Waals surface area contributed by atoms with Gasteiger partial charge in [0.2, 0.25) is 0 Å². The molecule has 0 fully saturated rings. The van der Waals surface area contributed by atoms with Crippen LogP contribution in [0.2, 0.25) is 0 Å². The van der Waals surface area contributed by atoms with Crippen molar-refractivity contribution in [2.24, 2.45) is 0 Å². The van der Waals surface area contributed by atoms with Crippen molar-refractivity contribution < 1.29 is 9.18 Å². The summed E-state index contributed by atoms with van der Waals surface area (Å²) < 4.78 is 13.1. The summed E-state index contributed by atoms with van der Waals surface area (Å²) in [5.41, 5.74) is 1.46. The third-order valence-electron chi connectivity index (χ3n) is 3.01. The Balaban J connectivity index is 1.71. The quantitative estimate of drug-likeness (QED) is 0.573. The van der Waals surface area contributed by atoms with E-state index in [1.54, 1.807) is 12.1 Å². The Morgan fingerprint density at radius 2 is 1.95 bits per heavy atom. The van der Waals surface area contributed by atoms with Crippen molar-refractivity contribution >= 4 is 28.4 Å². The number of carbonyl (C=O) groups excluding carboxylic acids is 1. The van der Waals surface area contributed by atoms with Crippen LogP contribution in [0.25, 0.3) is 10.9 Å². The number of nitrogens with one attached hydrogen (secondary N) is 1. The van der Waals surface area contributed by atoms with E-state index in [-0.39, 0.29) is 17.4 Å². The van der Waals surface area contributed by atoms with Crippen LogP contribution >= 0.6 is 11.8 Å².